The van der Waals surface area contributed by atoms with Gasteiger partial charge < -0.3 is 9.64 Å². The van der Waals surface area contributed by atoms with Crippen molar-refractivity contribution in [2.24, 2.45) is 5.92 Å². The molecule has 0 N–H and O–H groups in total. The van der Waals surface area contributed by atoms with Gasteiger partial charge in [0.25, 0.3) is 0 Å². The second-order valence-corrected chi connectivity index (χ2v) is 4.90. The van der Waals surface area contributed by atoms with E-state index in [-0.39, 0.29) is 0 Å². The van der Waals surface area contributed by atoms with E-state index in [1.807, 2.05) is 0 Å². The quantitative estimate of drug-likeness (QED) is 0.774. The zero-order chi connectivity index (χ0) is 11.4. The zero-order valence-electron chi connectivity index (χ0n) is 10.2. The van der Waals surface area contributed by atoms with Gasteiger partial charge in [-0.25, -0.2) is 0 Å². The number of rotatable bonds is 3. The van der Waals surface area contributed by atoms with E-state index in [0.717, 1.165) is 25.7 Å². The minimum atomic E-state index is 0.567. The summed E-state index contributed by atoms with van der Waals surface area (Å²) in [6, 6.07) is 10.8. The molecular formula is C14H21NO. The first-order chi connectivity index (χ1) is 7.77. The van der Waals surface area contributed by atoms with Crippen LogP contribution in [0.3, 0.4) is 0 Å². The molecule has 1 saturated heterocycles. The largest absolute Gasteiger partial charge is 0.381 e. The van der Waals surface area contributed by atoms with Crippen LogP contribution in [0.4, 0.5) is 0 Å². The highest BCUT2D eigenvalue weighted by molar-refractivity contribution is 5.21. The monoisotopic (exact) mass is 219 g/mol. The fourth-order valence-electron chi connectivity index (χ4n) is 2.54. The first kappa shape index (κ1) is 11.6. The van der Waals surface area contributed by atoms with E-state index in [4.69, 9.17) is 4.74 Å². The van der Waals surface area contributed by atoms with Crippen molar-refractivity contribution in [3.05, 3.63) is 35.9 Å². The Hall–Kier alpha value is -0.860. The minimum absolute atomic E-state index is 0.567. The number of hydrogen-bond acceptors (Lipinski definition) is 2. The van der Waals surface area contributed by atoms with Crippen LogP contribution in [0.2, 0.25) is 0 Å². The first-order valence-corrected chi connectivity index (χ1v) is 6.05. The van der Waals surface area contributed by atoms with Gasteiger partial charge in [-0.2, -0.15) is 0 Å². The van der Waals surface area contributed by atoms with E-state index in [9.17, 15) is 0 Å². The molecule has 2 rings (SSSR count). The van der Waals surface area contributed by atoms with Crippen LogP contribution in [0.5, 0.6) is 0 Å². The van der Waals surface area contributed by atoms with E-state index < -0.39 is 0 Å². The molecule has 1 aliphatic rings. The van der Waals surface area contributed by atoms with Crippen LogP contribution in [0.1, 0.15) is 17.9 Å². The Balaban J connectivity index is 2.10. The van der Waals surface area contributed by atoms with E-state index in [0.29, 0.717) is 5.92 Å². The number of benzene rings is 1. The molecule has 2 heteroatoms. The predicted octanol–water partition coefficient (Wildman–Crippen LogP) is 2.37. The van der Waals surface area contributed by atoms with Gasteiger partial charge in [-0.3, -0.25) is 0 Å². The van der Waals surface area contributed by atoms with Crippen molar-refractivity contribution in [1.29, 1.82) is 0 Å². The number of ether oxygens (including phenoxy) is 1. The molecule has 1 heterocycles. The van der Waals surface area contributed by atoms with Gasteiger partial charge in [-0.05, 0) is 32.0 Å². The van der Waals surface area contributed by atoms with Crippen LogP contribution in [0, 0.1) is 5.92 Å². The Bertz CT molecular complexity index is 310. The summed E-state index contributed by atoms with van der Waals surface area (Å²) in [6.07, 6.45) is 1.18. The maximum absolute atomic E-state index is 5.63. The Morgan fingerprint density at radius 1 is 1.25 bits per heavy atom. The number of hydrogen-bond donors (Lipinski definition) is 0. The molecule has 16 heavy (non-hydrogen) atoms. The fraction of sp³-hybridized carbons (Fsp3) is 0.571. The van der Waals surface area contributed by atoms with Crippen molar-refractivity contribution >= 4 is 0 Å². The topological polar surface area (TPSA) is 12.5 Å². The molecular weight excluding hydrogens is 198 g/mol. The third-order valence-electron chi connectivity index (χ3n) is 3.33. The summed E-state index contributed by atoms with van der Waals surface area (Å²) in [6.45, 7) is 2.95. The van der Waals surface area contributed by atoms with Crippen molar-refractivity contribution in [2.75, 3.05) is 33.9 Å². The fourth-order valence-corrected chi connectivity index (χ4v) is 2.54. The van der Waals surface area contributed by atoms with Crippen LogP contribution >= 0.6 is 0 Å². The third kappa shape index (κ3) is 2.83. The van der Waals surface area contributed by atoms with Crippen LogP contribution in [0.15, 0.2) is 30.3 Å². The van der Waals surface area contributed by atoms with Gasteiger partial charge in [0.2, 0.25) is 0 Å². The molecule has 2 nitrogen and oxygen atoms in total. The lowest BCUT2D eigenvalue weighted by atomic mass is 9.83. The van der Waals surface area contributed by atoms with E-state index in [1.165, 1.54) is 12.0 Å². The lowest BCUT2D eigenvalue weighted by Crippen LogP contribution is -2.33. The molecule has 88 valence electrons. The van der Waals surface area contributed by atoms with Gasteiger partial charge in [-0.15, -0.1) is 0 Å². The minimum Gasteiger partial charge on any atom is -0.381 e. The van der Waals surface area contributed by atoms with Gasteiger partial charge in [0.05, 0.1) is 6.61 Å². The molecule has 0 spiro atoms. The molecule has 0 amide bonds. The summed E-state index contributed by atoms with van der Waals surface area (Å²) < 4.78 is 5.63. The predicted molar refractivity (Wildman–Crippen MR) is 66.7 cm³/mol. The summed E-state index contributed by atoms with van der Waals surface area (Å²) in [7, 11) is 4.30. The van der Waals surface area contributed by atoms with Crippen LogP contribution < -0.4 is 0 Å². The van der Waals surface area contributed by atoms with Gasteiger partial charge in [-0.1, -0.05) is 30.3 Å². The lowest BCUT2D eigenvalue weighted by Gasteiger charge is -2.33. The summed E-state index contributed by atoms with van der Waals surface area (Å²) >= 11 is 0. The van der Waals surface area contributed by atoms with Crippen molar-refractivity contribution < 1.29 is 4.74 Å². The molecule has 1 aliphatic heterocycles. The standard InChI is InChI=1S/C14H21NO/c1-15(2)10-13-8-9-16-11-14(13)12-6-4-3-5-7-12/h3-7,13-14H,8-11H2,1-2H3/t13-,14-/m1/s1. The molecule has 1 aromatic rings. The van der Waals surface area contributed by atoms with Gasteiger partial charge in [0.1, 0.15) is 0 Å². The van der Waals surface area contributed by atoms with Crippen LogP contribution in [-0.2, 0) is 4.74 Å². The highest BCUT2D eigenvalue weighted by Gasteiger charge is 2.27. The zero-order valence-corrected chi connectivity index (χ0v) is 10.2. The van der Waals surface area contributed by atoms with E-state index in [2.05, 4.69) is 49.3 Å². The maximum atomic E-state index is 5.63. The molecule has 0 bridgehead atoms. The molecule has 0 radical (unpaired) electrons. The Morgan fingerprint density at radius 2 is 2.00 bits per heavy atom. The normalized spacial score (nSPS) is 25.9. The number of nitrogens with zero attached hydrogens (tertiary/aromatic N) is 1. The molecule has 1 aromatic carbocycles. The SMILES string of the molecule is CN(C)C[C@H]1CCOC[C@@H]1c1ccccc1. The van der Waals surface area contributed by atoms with Crippen molar-refractivity contribution in [2.45, 2.75) is 12.3 Å². The van der Waals surface area contributed by atoms with Crippen molar-refractivity contribution in [3.8, 4) is 0 Å². The summed E-state index contributed by atoms with van der Waals surface area (Å²) in [5, 5.41) is 0. The van der Waals surface area contributed by atoms with E-state index in [1.54, 1.807) is 0 Å². The lowest BCUT2D eigenvalue weighted by molar-refractivity contribution is 0.0386. The maximum Gasteiger partial charge on any atom is 0.0537 e. The summed E-state index contributed by atoms with van der Waals surface area (Å²) in [5.74, 6) is 1.29. The molecule has 0 aromatic heterocycles. The summed E-state index contributed by atoms with van der Waals surface area (Å²) in [5.41, 5.74) is 1.43. The molecule has 0 saturated carbocycles. The van der Waals surface area contributed by atoms with Gasteiger partial charge in [0, 0.05) is 19.1 Å². The van der Waals surface area contributed by atoms with Crippen molar-refractivity contribution in [3.63, 3.8) is 0 Å². The Kier molecular flexibility index (Phi) is 3.97. The average Bonchev–Trinajstić information content (AvgIpc) is 2.30. The van der Waals surface area contributed by atoms with Crippen LogP contribution in [0.25, 0.3) is 0 Å². The average molecular weight is 219 g/mol. The van der Waals surface area contributed by atoms with Crippen molar-refractivity contribution in [1.82, 2.24) is 4.90 Å². The third-order valence-corrected chi connectivity index (χ3v) is 3.33. The second kappa shape index (κ2) is 5.46. The second-order valence-electron chi connectivity index (χ2n) is 4.90. The molecule has 0 aliphatic carbocycles. The highest BCUT2D eigenvalue weighted by Crippen LogP contribution is 2.31. The molecule has 0 unspecified atom stereocenters. The van der Waals surface area contributed by atoms with E-state index >= 15 is 0 Å². The summed E-state index contributed by atoms with van der Waals surface area (Å²) in [4.78, 5) is 2.28. The van der Waals surface area contributed by atoms with Gasteiger partial charge >= 0.3 is 0 Å². The first-order valence-electron chi connectivity index (χ1n) is 6.05. The Labute approximate surface area is 98.2 Å². The molecule has 2 atom stereocenters. The van der Waals surface area contributed by atoms with Gasteiger partial charge in [0.15, 0.2) is 0 Å². The highest BCUT2D eigenvalue weighted by atomic mass is 16.5. The molecule has 1 fully saturated rings. The smallest absolute Gasteiger partial charge is 0.0537 e. The Morgan fingerprint density at radius 3 is 2.69 bits per heavy atom. The van der Waals surface area contributed by atoms with Crippen LogP contribution in [-0.4, -0.2) is 38.8 Å².